The third kappa shape index (κ3) is 6.49. The standard InChI is InChI=1S/C26H32O12/c27-12-18-19(29)20(30)21(24(37-18)34-11-10-15-4-2-1-3-5-15)38-25-22(31)26(33,14-36-25)13-35-23(32)16-6-8-17(28)9-7-16/h1-9,18-22,24-25,27-31,33H,10-14H2/t18-,19-,20+,21-,22+,24-,25+,26-/m1/s1. The number of aliphatic hydroxyl groups is 5. The molecule has 12 heteroatoms. The molecular formula is C26H32O12. The Morgan fingerprint density at radius 3 is 2.39 bits per heavy atom. The second-order valence-corrected chi connectivity index (χ2v) is 9.26. The quantitative estimate of drug-likeness (QED) is 0.206. The third-order valence-electron chi connectivity index (χ3n) is 6.49. The summed E-state index contributed by atoms with van der Waals surface area (Å²) in [5, 5.41) is 61.5. The Hall–Kier alpha value is -2.65. The molecule has 2 aliphatic heterocycles. The summed E-state index contributed by atoms with van der Waals surface area (Å²) in [6, 6.07) is 14.7. The summed E-state index contributed by atoms with van der Waals surface area (Å²) in [5.41, 5.74) is -0.923. The molecule has 0 saturated carbocycles. The molecule has 0 radical (unpaired) electrons. The fourth-order valence-corrected chi connectivity index (χ4v) is 4.20. The molecule has 0 amide bonds. The zero-order valence-electron chi connectivity index (χ0n) is 20.4. The van der Waals surface area contributed by atoms with Gasteiger partial charge in [0.2, 0.25) is 0 Å². The van der Waals surface area contributed by atoms with Crippen LogP contribution in [0.15, 0.2) is 54.6 Å². The Bertz CT molecular complexity index is 1030. The first-order valence-corrected chi connectivity index (χ1v) is 12.1. The lowest BCUT2D eigenvalue weighted by molar-refractivity contribution is -0.335. The highest BCUT2D eigenvalue weighted by Gasteiger charge is 2.53. The molecular weight excluding hydrogens is 504 g/mol. The SMILES string of the molecule is O=C(OC[C@@]1(O)CO[C@@H](O[C@H]2[C@H](OCCc3ccccc3)O[C@H](CO)[C@@H](O)[C@@H]2O)[C@@H]1O)c1ccc(O)cc1. The van der Waals surface area contributed by atoms with Crippen LogP contribution < -0.4 is 0 Å². The van der Waals surface area contributed by atoms with Gasteiger partial charge in [0, 0.05) is 0 Å². The smallest absolute Gasteiger partial charge is 0.338 e. The molecule has 0 bridgehead atoms. The van der Waals surface area contributed by atoms with Crippen molar-refractivity contribution in [2.75, 3.05) is 26.4 Å². The number of hydrogen-bond acceptors (Lipinski definition) is 12. The van der Waals surface area contributed by atoms with Crippen molar-refractivity contribution in [1.29, 1.82) is 0 Å². The molecule has 0 aromatic heterocycles. The molecule has 0 unspecified atom stereocenters. The molecule has 2 aromatic carbocycles. The monoisotopic (exact) mass is 536 g/mol. The van der Waals surface area contributed by atoms with Crippen molar-refractivity contribution in [3.05, 3.63) is 65.7 Å². The Kier molecular flexibility index (Phi) is 9.31. The molecule has 8 atom stereocenters. The van der Waals surface area contributed by atoms with Crippen molar-refractivity contribution in [3.63, 3.8) is 0 Å². The predicted octanol–water partition coefficient (Wildman–Crippen LogP) is -0.919. The molecule has 208 valence electrons. The average Bonchev–Trinajstić information content (AvgIpc) is 3.21. The first-order chi connectivity index (χ1) is 18.2. The molecule has 2 aromatic rings. The maximum absolute atomic E-state index is 12.3. The summed E-state index contributed by atoms with van der Waals surface area (Å²) >= 11 is 0. The van der Waals surface area contributed by atoms with Gasteiger partial charge in [0.1, 0.15) is 42.9 Å². The lowest BCUT2D eigenvalue weighted by Gasteiger charge is -2.42. The zero-order chi connectivity index (χ0) is 27.3. The minimum absolute atomic E-state index is 0.0357. The van der Waals surface area contributed by atoms with Gasteiger partial charge < -0.3 is 54.3 Å². The van der Waals surface area contributed by atoms with E-state index >= 15 is 0 Å². The van der Waals surface area contributed by atoms with E-state index in [1.54, 1.807) is 0 Å². The number of rotatable bonds is 10. The van der Waals surface area contributed by atoms with Crippen LogP contribution >= 0.6 is 0 Å². The largest absolute Gasteiger partial charge is 0.508 e. The molecule has 2 aliphatic rings. The van der Waals surface area contributed by atoms with Crippen molar-refractivity contribution in [1.82, 2.24) is 0 Å². The van der Waals surface area contributed by atoms with Gasteiger partial charge in [-0.1, -0.05) is 30.3 Å². The summed E-state index contributed by atoms with van der Waals surface area (Å²) in [6.07, 6.45) is -9.55. The van der Waals surface area contributed by atoms with Crippen LogP contribution in [-0.2, 0) is 30.1 Å². The van der Waals surface area contributed by atoms with Crippen LogP contribution in [0.25, 0.3) is 0 Å². The topological polar surface area (TPSA) is 185 Å². The van der Waals surface area contributed by atoms with E-state index in [0.717, 1.165) is 5.56 Å². The average molecular weight is 537 g/mol. The van der Waals surface area contributed by atoms with Gasteiger partial charge in [-0.3, -0.25) is 0 Å². The normalized spacial score (nSPS) is 33.2. The number of esters is 1. The maximum Gasteiger partial charge on any atom is 0.338 e. The van der Waals surface area contributed by atoms with Gasteiger partial charge in [0.05, 0.1) is 25.4 Å². The van der Waals surface area contributed by atoms with E-state index < -0.39 is 74.5 Å². The predicted molar refractivity (Wildman–Crippen MR) is 128 cm³/mol. The van der Waals surface area contributed by atoms with Crippen molar-refractivity contribution in [3.8, 4) is 5.75 Å². The fraction of sp³-hybridized carbons (Fsp3) is 0.500. The number of phenols is 1. The fourth-order valence-electron chi connectivity index (χ4n) is 4.20. The molecule has 6 N–H and O–H groups in total. The maximum atomic E-state index is 12.3. The van der Waals surface area contributed by atoms with Gasteiger partial charge in [-0.25, -0.2) is 4.79 Å². The van der Waals surface area contributed by atoms with Crippen LogP contribution in [0.5, 0.6) is 5.75 Å². The molecule has 0 aliphatic carbocycles. The second kappa shape index (κ2) is 12.5. The Labute approximate surface area is 218 Å². The van der Waals surface area contributed by atoms with E-state index in [1.807, 2.05) is 30.3 Å². The summed E-state index contributed by atoms with van der Waals surface area (Å²) in [6.45, 7) is -1.53. The van der Waals surface area contributed by atoms with E-state index in [0.29, 0.717) is 6.42 Å². The summed E-state index contributed by atoms with van der Waals surface area (Å²) in [7, 11) is 0. The summed E-state index contributed by atoms with van der Waals surface area (Å²) in [5.74, 6) is -0.831. The number of phenolic OH excluding ortho intramolecular Hbond substituents is 1. The second-order valence-electron chi connectivity index (χ2n) is 9.26. The number of carbonyl (C=O) groups is 1. The Balaban J connectivity index is 1.37. The van der Waals surface area contributed by atoms with Crippen LogP contribution in [0.3, 0.4) is 0 Å². The number of aromatic hydroxyl groups is 1. The Morgan fingerprint density at radius 2 is 1.71 bits per heavy atom. The van der Waals surface area contributed by atoms with Crippen LogP contribution in [0.1, 0.15) is 15.9 Å². The molecule has 2 saturated heterocycles. The van der Waals surface area contributed by atoms with Gasteiger partial charge in [0.25, 0.3) is 0 Å². The van der Waals surface area contributed by atoms with Crippen molar-refractivity contribution in [2.45, 2.75) is 55.1 Å². The van der Waals surface area contributed by atoms with Gasteiger partial charge in [0.15, 0.2) is 18.2 Å². The third-order valence-corrected chi connectivity index (χ3v) is 6.49. The number of ether oxygens (including phenoxy) is 5. The van der Waals surface area contributed by atoms with Gasteiger partial charge in [-0.15, -0.1) is 0 Å². The molecule has 2 heterocycles. The first kappa shape index (κ1) is 28.4. The van der Waals surface area contributed by atoms with Crippen molar-refractivity contribution >= 4 is 5.97 Å². The van der Waals surface area contributed by atoms with Crippen LogP contribution in [0.2, 0.25) is 0 Å². The van der Waals surface area contributed by atoms with E-state index in [2.05, 4.69) is 0 Å². The van der Waals surface area contributed by atoms with Crippen LogP contribution in [0, 0.1) is 0 Å². The van der Waals surface area contributed by atoms with E-state index in [1.165, 1.54) is 24.3 Å². The lowest BCUT2D eigenvalue weighted by atomic mass is 9.98. The zero-order valence-corrected chi connectivity index (χ0v) is 20.4. The minimum Gasteiger partial charge on any atom is -0.508 e. The molecule has 0 spiro atoms. The number of hydrogen-bond donors (Lipinski definition) is 6. The van der Waals surface area contributed by atoms with Gasteiger partial charge in [-0.2, -0.15) is 0 Å². The first-order valence-electron chi connectivity index (χ1n) is 12.1. The van der Waals surface area contributed by atoms with Gasteiger partial charge >= 0.3 is 5.97 Å². The van der Waals surface area contributed by atoms with Crippen LogP contribution in [-0.4, -0.2) is 112 Å². The van der Waals surface area contributed by atoms with Crippen molar-refractivity contribution in [2.24, 2.45) is 0 Å². The molecule has 38 heavy (non-hydrogen) atoms. The summed E-state index contributed by atoms with van der Waals surface area (Å²) < 4.78 is 27.6. The van der Waals surface area contributed by atoms with Crippen molar-refractivity contribution < 1.29 is 59.1 Å². The molecule has 12 nitrogen and oxygen atoms in total. The Morgan fingerprint density at radius 1 is 1.00 bits per heavy atom. The minimum atomic E-state index is -2.03. The van der Waals surface area contributed by atoms with E-state index in [4.69, 9.17) is 23.7 Å². The molecule has 4 rings (SSSR count). The number of benzene rings is 2. The number of aliphatic hydroxyl groups excluding tert-OH is 4. The number of carbonyl (C=O) groups excluding carboxylic acids is 1. The van der Waals surface area contributed by atoms with Crippen LogP contribution in [0.4, 0.5) is 0 Å². The highest BCUT2D eigenvalue weighted by molar-refractivity contribution is 5.89. The van der Waals surface area contributed by atoms with E-state index in [-0.39, 0.29) is 17.9 Å². The van der Waals surface area contributed by atoms with Gasteiger partial charge in [-0.05, 0) is 36.2 Å². The summed E-state index contributed by atoms with van der Waals surface area (Å²) in [4.78, 5) is 12.3. The lowest BCUT2D eigenvalue weighted by Crippen LogP contribution is -2.61. The van der Waals surface area contributed by atoms with E-state index in [9.17, 15) is 35.4 Å². The highest BCUT2D eigenvalue weighted by atomic mass is 16.8. The molecule has 2 fully saturated rings. The highest BCUT2D eigenvalue weighted by Crippen LogP contribution is 2.32.